The molecule has 1 aromatic carbocycles. The molecule has 142 valence electrons. The molecule has 0 spiro atoms. The van der Waals surface area contributed by atoms with Gasteiger partial charge in [-0.15, -0.1) is 0 Å². The molecular formula is C20H22FN3O3. The zero-order valence-corrected chi connectivity index (χ0v) is 15.2. The highest BCUT2D eigenvalue weighted by atomic mass is 19.1. The van der Waals surface area contributed by atoms with Crippen molar-refractivity contribution >= 4 is 6.09 Å². The van der Waals surface area contributed by atoms with Crippen LogP contribution in [0, 0.1) is 17.7 Å². The highest BCUT2D eigenvalue weighted by Crippen LogP contribution is 2.44. The lowest BCUT2D eigenvalue weighted by Gasteiger charge is -2.26. The third-order valence-electron chi connectivity index (χ3n) is 5.35. The Labute approximate surface area is 156 Å². The maximum atomic E-state index is 13.3. The second-order valence-electron chi connectivity index (χ2n) is 7.71. The van der Waals surface area contributed by atoms with Gasteiger partial charge < -0.3 is 20.5 Å². The molecule has 7 heteroatoms. The predicted octanol–water partition coefficient (Wildman–Crippen LogP) is 2.99. The van der Waals surface area contributed by atoms with Gasteiger partial charge in [-0.25, -0.2) is 14.2 Å². The number of carbonyl (C=O) groups is 1. The third kappa shape index (κ3) is 3.60. The Kier molecular flexibility index (Phi) is 4.26. The van der Waals surface area contributed by atoms with Crippen LogP contribution in [-0.4, -0.2) is 35.4 Å². The van der Waals surface area contributed by atoms with E-state index in [1.807, 2.05) is 6.07 Å². The summed E-state index contributed by atoms with van der Waals surface area (Å²) >= 11 is 0. The fourth-order valence-electron chi connectivity index (χ4n) is 3.71. The molecule has 6 nitrogen and oxygen atoms in total. The van der Waals surface area contributed by atoms with Crippen molar-refractivity contribution in [2.24, 2.45) is 11.8 Å². The minimum absolute atomic E-state index is 0.144. The number of ether oxygens (including phenoxy) is 1. The summed E-state index contributed by atoms with van der Waals surface area (Å²) < 4.78 is 19.4. The van der Waals surface area contributed by atoms with E-state index in [2.05, 4.69) is 15.6 Å². The number of benzene rings is 1. The lowest BCUT2D eigenvalue weighted by atomic mass is 9.93. The number of nitrogens with zero attached hydrogens (tertiary/aromatic N) is 1. The van der Waals surface area contributed by atoms with Gasteiger partial charge in [-0.3, -0.25) is 0 Å². The fourth-order valence-corrected chi connectivity index (χ4v) is 3.71. The molecule has 2 fully saturated rings. The van der Waals surface area contributed by atoms with Gasteiger partial charge in [0.2, 0.25) is 5.88 Å². The van der Waals surface area contributed by atoms with E-state index in [0.717, 1.165) is 24.2 Å². The molecule has 2 aromatic rings. The summed E-state index contributed by atoms with van der Waals surface area (Å²) in [7, 11) is 0. The summed E-state index contributed by atoms with van der Waals surface area (Å²) in [5.74, 6) is 1.16. The first-order valence-corrected chi connectivity index (χ1v) is 9.00. The van der Waals surface area contributed by atoms with Crippen LogP contribution in [0.15, 0.2) is 36.4 Å². The van der Waals surface area contributed by atoms with E-state index < -0.39 is 11.6 Å². The van der Waals surface area contributed by atoms with Crippen LogP contribution >= 0.6 is 0 Å². The average molecular weight is 371 g/mol. The molecule has 3 N–H and O–H groups in total. The molecule has 0 radical (unpaired) electrons. The van der Waals surface area contributed by atoms with E-state index in [1.165, 1.54) is 12.1 Å². The van der Waals surface area contributed by atoms with Crippen molar-refractivity contribution in [1.29, 1.82) is 0 Å². The van der Waals surface area contributed by atoms with E-state index in [0.29, 0.717) is 23.4 Å². The van der Waals surface area contributed by atoms with Crippen LogP contribution in [0.4, 0.5) is 9.18 Å². The topological polar surface area (TPSA) is 83.5 Å². The molecule has 1 saturated carbocycles. The van der Waals surface area contributed by atoms with Crippen molar-refractivity contribution in [3.05, 3.63) is 47.8 Å². The van der Waals surface area contributed by atoms with Crippen molar-refractivity contribution in [1.82, 2.24) is 15.6 Å². The van der Waals surface area contributed by atoms with Crippen LogP contribution in [0.2, 0.25) is 0 Å². The number of rotatable bonds is 5. The van der Waals surface area contributed by atoms with E-state index in [1.54, 1.807) is 32.0 Å². The zero-order chi connectivity index (χ0) is 19.2. The molecule has 0 unspecified atom stereocenters. The largest absolute Gasteiger partial charge is 0.474 e. The second kappa shape index (κ2) is 6.49. The second-order valence-corrected chi connectivity index (χ2v) is 7.71. The number of aromatic nitrogens is 1. The van der Waals surface area contributed by atoms with Gasteiger partial charge in [0.1, 0.15) is 11.9 Å². The summed E-state index contributed by atoms with van der Waals surface area (Å²) in [6.45, 7) is 5.46. The highest BCUT2D eigenvalue weighted by Gasteiger charge is 2.55. The van der Waals surface area contributed by atoms with Crippen molar-refractivity contribution in [2.75, 3.05) is 13.1 Å². The van der Waals surface area contributed by atoms with Crippen LogP contribution in [0.1, 0.15) is 19.4 Å². The minimum Gasteiger partial charge on any atom is -0.474 e. The molecule has 1 saturated heterocycles. The van der Waals surface area contributed by atoms with Gasteiger partial charge >= 0.3 is 6.09 Å². The Balaban J connectivity index is 1.69. The highest BCUT2D eigenvalue weighted by molar-refractivity contribution is 5.67. The van der Waals surface area contributed by atoms with Crippen LogP contribution in [-0.2, 0) is 5.54 Å². The van der Waals surface area contributed by atoms with Gasteiger partial charge in [0.05, 0.1) is 11.2 Å². The standard InChI is InChI=1S/C20H22FN3O3/c1-20(2,24-19(25)26)12-7-16(11-3-5-13(21)6-4-11)23-17(8-12)27-18-14-9-22-10-15(14)18/h3-8,14-15,18,22,24H,9-10H2,1-2H3,(H,25,26)/t14-,15+,18-. The average Bonchev–Trinajstić information content (AvgIpc) is 3.02. The molecule has 4 rings (SSSR count). The minimum atomic E-state index is -1.11. The molecule has 1 amide bonds. The van der Waals surface area contributed by atoms with Gasteiger partial charge in [0, 0.05) is 36.6 Å². The number of amides is 1. The molecule has 1 aliphatic heterocycles. The monoisotopic (exact) mass is 371 g/mol. The van der Waals surface area contributed by atoms with Crippen LogP contribution in [0.3, 0.4) is 0 Å². The molecular weight excluding hydrogens is 349 g/mol. The molecule has 1 aliphatic carbocycles. The van der Waals surface area contributed by atoms with Gasteiger partial charge in [-0.2, -0.15) is 0 Å². The SMILES string of the molecule is CC(C)(NC(=O)O)c1cc(O[C@@H]2[C@@H]3CNC[C@@H]32)nc(-c2ccc(F)cc2)c1. The van der Waals surface area contributed by atoms with E-state index in [-0.39, 0.29) is 11.9 Å². The zero-order valence-electron chi connectivity index (χ0n) is 15.2. The number of pyridine rings is 1. The first-order valence-electron chi connectivity index (χ1n) is 9.00. The summed E-state index contributed by atoms with van der Waals surface area (Å²) in [6.07, 6.45) is -0.962. The number of hydrogen-bond acceptors (Lipinski definition) is 4. The molecule has 1 aromatic heterocycles. The summed E-state index contributed by atoms with van der Waals surface area (Å²) in [5.41, 5.74) is 1.26. The number of piperidine rings is 1. The first-order chi connectivity index (χ1) is 12.8. The van der Waals surface area contributed by atoms with Gasteiger partial charge in [-0.1, -0.05) is 0 Å². The van der Waals surface area contributed by atoms with Crippen molar-refractivity contribution in [2.45, 2.75) is 25.5 Å². The quantitative estimate of drug-likeness (QED) is 0.753. The number of carboxylic acid groups (broad SMARTS) is 1. The van der Waals surface area contributed by atoms with E-state index in [4.69, 9.17) is 9.84 Å². The molecule has 0 bridgehead atoms. The van der Waals surface area contributed by atoms with Crippen molar-refractivity contribution in [3.8, 4) is 17.1 Å². The Hall–Kier alpha value is -2.67. The van der Waals surface area contributed by atoms with Gasteiger partial charge in [-0.05, 0) is 49.7 Å². The maximum Gasteiger partial charge on any atom is 0.405 e. The Bertz CT molecular complexity index is 859. The lowest BCUT2D eigenvalue weighted by molar-refractivity contribution is 0.182. The molecule has 2 aliphatic rings. The first kappa shape index (κ1) is 17.7. The smallest absolute Gasteiger partial charge is 0.405 e. The Morgan fingerprint density at radius 1 is 1.26 bits per heavy atom. The Morgan fingerprint density at radius 3 is 2.56 bits per heavy atom. The summed E-state index contributed by atoms with van der Waals surface area (Å²) in [4.78, 5) is 15.8. The number of nitrogens with one attached hydrogen (secondary N) is 2. The molecule has 27 heavy (non-hydrogen) atoms. The predicted molar refractivity (Wildman–Crippen MR) is 98.1 cm³/mol. The maximum absolute atomic E-state index is 13.3. The van der Waals surface area contributed by atoms with Crippen molar-refractivity contribution < 1.29 is 19.0 Å². The Morgan fingerprint density at radius 2 is 1.93 bits per heavy atom. The fraction of sp³-hybridized carbons (Fsp3) is 0.400. The van der Waals surface area contributed by atoms with E-state index >= 15 is 0 Å². The van der Waals surface area contributed by atoms with Gasteiger partial charge in [0.25, 0.3) is 0 Å². The van der Waals surface area contributed by atoms with Gasteiger partial charge in [0.15, 0.2) is 0 Å². The van der Waals surface area contributed by atoms with E-state index in [9.17, 15) is 9.18 Å². The normalized spacial score (nSPS) is 23.6. The van der Waals surface area contributed by atoms with Crippen molar-refractivity contribution in [3.63, 3.8) is 0 Å². The summed E-state index contributed by atoms with van der Waals surface area (Å²) in [5, 5.41) is 15.0. The number of fused-ring (bicyclic) bond motifs is 1. The van der Waals surface area contributed by atoms with Crippen LogP contribution in [0.25, 0.3) is 11.3 Å². The number of halogens is 1. The number of hydrogen-bond donors (Lipinski definition) is 3. The third-order valence-corrected chi connectivity index (χ3v) is 5.35. The van der Waals surface area contributed by atoms with Crippen LogP contribution < -0.4 is 15.4 Å². The molecule has 3 atom stereocenters. The lowest BCUT2D eigenvalue weighted by Crippen LogP contribution is -2.40. The molecule has 2 heterocycles. The summed E-state index contributed by atoms with van der Waals surface area (Å²) in [6, 6.07) is 9.65. The van der Waals surface area contributed by atoms with Crippen LogP contribution in [0.5, 0.6) is 5.88 Å².